The van der Waals surface area contributed by atoms with E-state index in [0.29, 0.717) is 0 Å². The predicted molar refractivity (Wildman–Crippen MR) is 61.1 cm³/mol. The van der Waals surface area contributed by atoms with Gasteiger partial charge in [0.25, 0.3) is 0 Å². The van der Waals surface area contributed by atoms with Gasteiger partial charge < -0.3 is 5.32 Å². The molecule has 0 saturated heterocycles. The highest BCUT2D eigenvalue weighted by Crippen LogP contribution is 2.22. The van der Waals surface area contributed by atoms with Gasteiger partial charge in [0, 0.05) is 17.6 Å². The van der Waals surface area contributed by atoms with E-state index >= 15 is 0 Å². The summed E-state index contributed by atoms with van der Waals surface area (Å²) < 4.78 is 0.937. The molecule has 70 valence electrons. The minimum Gasteiger partial charge on any atom is -0.309 e. The van der Waals surface area contributed by atoms with Crippen LogP contribution in [0.25, 0.3) is 0 Å². The van der Waals surface area contributed by atoms with Crippen molar-refractivity contribution in [2.75, 3.05) is 6.54 Å². The first-order valence-corrected chi connectivity index (χ1v) is 5.16. The second-order valence-corrected chi connectivity index (χ2v) is 3.93. The molecule has 1 N–H and O–H groups in total. The molecule has 0 aromatic heterocycles. The van der Waals surface area contributed by atoms with Crippen molar-refractivity contribution < 1.29 is 0 Å². The lowest BCUT2D eigenvalue weighted by Crippen LogP contribution is -2.12. The Balaban J connectivity index is 2.57. The molecule has 0 atom stereocenters. The Labute approximate surface area is 91.9 Å². The van der Waals surface area contributed by atoms with Crippen molar-refractivity contribution >= 4 is 27.5 Å². The van der Waals surface area contributed by atoms with Crippen molar-refractivity contribution in [3.05, 3.63) is 45.9 Å². The van der Waals surface area contributed by atoms with Crippen molar-refractivity contribution in [1.82, 2.24) is 5.32 Å². The van der Waals surface area contributed by atoms with Crippen molar-refractivity contribution in [3.63, 3.8) is 0 Å². The standard InChI is InChI=1S/C10H11BrClN/c1-2-5-13-7-8-3-4-10(12)9(11)6-8/h2-4,6,13H,1,5,7H2. The molecule has 0 bridgehead atoms. The van der Waals surface area contributed by atoms with Crippen LogP contribution in [0.3, 0.4) is 0 Å². The smallest absolute Gasteiger partial charge is 0.0548 e. The summed E-state index contributed by atoms with van der Waals surface area (Å²) in [5, 5.41) is 3.96. The molecule has 1 nitrogen and oxygen atoms in total. The molecule has 0 aliphatic heterocycles. The van der Waals surface area contributed by atoms with E-state index in [1.807, 2.05) is 24.3 Å². The molecule has 1 aromatic rings. The van der Waals surface area contributed by atoms with Gasteiger partial charge in [-0.1, -0.05) is 23.7 Å². The van der Waals surface area contributed by atoms with Crippen LogP contribution in [-0.2, 0) is 6.54 Å². The molecule has 0 fully saturated rings. The van der Waals surface area contributed by atoms with Gasteiger partial charge in [0.15, 0.2) is 0 Å². The maximum Gasteiger partial charge on any atom is 0.0548 e. The molecular formula is C10H11BrClN. The van der Waals surface area contributed by atoms with Gasteiger partial charge in [0.05, 0.1) is 5.02 Å². The van der Waals surface area contributed by atoms with Crippen LogP contribution >= 0.6 is 27.5 Å². The lowest BCUT2D eigenvalue weighted by molar-refractivity contribution is 0.760. The average molecular weight is 261 g/mol. The van der Waals surface area contributed by atoms with E-state index in [1.165, 1.54) is 5.56 Å². The molecule has 0 spiro atoms. The highest BCUT2D eigenvalue weighted by molar-refractivity contribution is 9.10. The number of nitrogens with one attached hydrogen (secondary N) is 1. The minimum atomic E-state index is 0.743. The first-order valence-electron chi connectivity index (χ1n) is 3.99. The third-order valence-electron chi connectivity index (χ3n) is 1.60. The summed E-state index contributed by atoms with van der Waals surface area (Å²) in [5.41, 5.74) is 1.21. The number of rotatable bonds is 4. The van der Waals surface area contributed by atoms with Gasteiger partial charge in [-0.15, -0.1) is 6.58 Å². The summed E-state index contributed by atoms with van der Waals surface area (Å²) in [5.74, 6) is 0. The summed E-state index contributed by atoms with van der Waals surface area (Å²) in [7, 11) is 0. The molecule has 0 aliphatic rings. The summed E-state index contributed by atoms with van der Waals surface area (Å²) in [4.78, 5) is 0. The third kappa shape index (κ3) is 3.51. The Morgan fingerprint density at radius 1 is 1.54 bits per heavy atom. The highest BCUT2D eigenvalue weighted by Gasteiger charge is 1.97. The second-order valence-electron chi connectivity index (χ2n) is 2.67. The zero-order valence-electron chi connectivity index (χ0n) is 7.19. The number of hydrogen-bond acceptors (Lipinski definition) is 1. The van der Waals surface area contributed by atoms with Crippen LogP contribution in [0.1, 0.15) is 5.56 Å². The van der Waals surface area contributed by atoms with E-state index < -0.39 is 0 Å². The SMILES string of the molecule is C=CCNCc1ccc(Cl)c(Br)c1. The minimum absolute atomic E-state index is 0.743. The van der Waals surface area contributed by atoms with Gasteiger partial charge in [-0.05, 0) is 33.6 Å². The number of benzene rings is 1. The largest absolute Gasteiger partial charge is 0.309 e. The van der Waals surface area contributed by atoms with Gasteiger partial charge in [0.1, 0.15) is 0 Å². The molecule has 0 radical (unpaired) electrons. The lowest BCUT2D eigenvalue weighted by atomic mass is 10.2. The molecule has 0 aliphatic carbocycles. The topological polar surface area (TPSA) is 12.0 Å². The summed E-state index contributed by atoms with van der Waals surface area (Å²) in [6.45, 7) is 5.29. The molecule has 0 amide bonds. The van der Waals surface area contributed by atoms with E-state index in [1.54, 1.807) is 0 Å². The van der Waals surface area contributed by atoms with Crippen molar-refractivity contribution in [2.45, 2.75) is 6.54 Å². The van der Waals surface area contributed by atoms with Crippen LogP contribution < -0.4 is 5.32 Å². The maximum absolute atomic E-state index is 5.86. The lowest BCUT2D eigenvalue weighted by Gasteiger charge is -2.03. The van der Waals surface area contributed by atoms with Crippen molar-refractivity contribution in [3.8, 4) is 0 Å². The Kier molecular flexibility index (Phi) is 4.50. The van der Waals surface area contributed by atoms with Crippen LogP contribution in [0.15, 0.2) is 35.3 Å². The van der Waals surface area contributed by atoms with E-state index in [4.69, 9.17) is 11.6 Å². The van der Waals surface area contributed by atoms with Crippen molar-refractivity contribution in [2.24, 2.45) is 0 Å². The highest BCUT2D eigenvalue weighted by atomic mass is 79.9. The van der Waals surface area contributed by atoms with E-state index in [0.717, 1.165) is 22.6 Å². The van der Waals surface area contributed by atoms with Crippen LogP contribution in [0.5, 0.6) is 0 Å². The zero-order valence-corrected chi connectivity index (χ0v) is 9.53. The zero-order chi connectivity index (χ0) is 9.68. The monoisotopic (exact) mass is 259 g/mol. The summed E-state index contributed by atoms with van der Waals surface area (Å²) >= 11 is 9.23. The Hall–Kier alpha value is -0.310. The summed E-state index contributed by atoms with van der Waals surface area (Å²) in [6.07, 6.45) is 1.84. The van der Waals surface area contributed by atoms with Gasteiger partial charge in [-0.2, -0.15) is 0 Å². The maximum atomic E-state index is 5.86. The fourth-order valence-corrected chi connectivity index (χ4v) is 1.51. The van der Waals surface area contributed by atoms with Crippen molar-refractivity contribution in [1.29, 1.82) is 0 Å². The van der Waals surface area contributed by atoms with Gasteiger partial charge in [-0.25, -0.2) is 0 Å². The van der Waals surface area contributed by atoms with Gasteiger partial charge in [0.2, 0.25) is 0 Å². The van der Waals surface area contributed by atoms with E-state index in [2.05, 4.69) is 27.8 Å². The van der Waals surface area contributed by atoms with E-state index in [-0.39, 0.29) is 0 Å². The molecular weight excluding hydrogens is 249 g/mol. The van der Waals surface area contributed by atoms with Crippen LogP contribution in [0.2, 0.25) is 5.02 Å². The second kappa shape index (κ2) is 5.43. The third-order valence-corrected chi connectivity index (χ3v) is 2.82. The van der Waals surface area contributed by atoms with Crippen LogP contribution in [0.4, 0.5) is 0 Å². The summed E-state index contributed by atoms with van der Waals surface area (Å²) in [6, 6.07) is 5.90. The van der Waals surface area contributed by atoms with Gasteiger partial charge >= 0.3 is 0 Å². The average Bonchev–Trinajstić information content (AvgIpc) is 2.12. The van der Waals surface area contributed by atoms with Crippen LogP contribution in [0, 0.1) is 0 Å². The first-order chi connectivity index (χ1) is 6.24. The fraction of sp³-hybridized carbons (Fsp3) is 0.200. The molecule has 1 aromatic carbocycles. The van der Waals surface area contributed by atoms with Crippen LogP contribution in [-0.4, -0.2) is 6.54 Å². The van der Waals surface area contributed by atoms with Gasteiger partial charge in [-0.3, -0.25) is 0 Å². The fourth-order valence-electron chi connectivity index (χ4n) is 0.968. The Bertz CT molecular complexity index is 299. The molecule has 0 unspecified atom stereocenters. The van der Waals surface area contributed by atoms with E-state index in [9.17, 15) is 0 Å². The Morgan fingerprint density at radius 2 is 2.31 bits per heavy atom. The molecule has 0 saturated carbocycles. The quantitative estimate of drug-likeness (QED) is 0.646. The molecule has 0 heterocycles. The predicted octanol–water partition coefficient (Wildman–Crippen LogP) is 3.38. The first kappa shape index (κ1) is 10.8. The molecule has 13 heavy (non-hydrogen) atoms. The Morgan fingerprint density at radius 3 is 2.92 bits per heavy atom. The number of hydrogen-bond donors (Lipinski definition) is 1. The molecule has 1 rings (SSSR count). The number of halogens is 2. The normalized spacial score (nSPS) is 10.0. The molecule has 3 heteroatoms.